The van der Waals surface area contributed by atoms with Gasteiger partial charge in [0.2, 0.25) is 5.91 Å². The predicted molar refractivity (Wildman–Crippen MR) is 202 cm³/mol. The van der Waals surface area contributed by atoms with Crippen LogP contribution in [0.2, 0.25) is 0 Å². The summed E-state index contributed by atoms with van der Waals surface area (Å²) in [4.78, 5) is 25.2. The summed E-state index contributed by atoms with van der Waals surface area (Å²) in [6.45, 7) is 4.43. The van der Waals surface area contributed by atoms with Crippen molar-refractivity contribution in [2.24, 2.45) is 0 Å². The van der Waals surface area contributed by atoms with Gasteiger partial charge in [0.15, 0.2) is 0 Å². The van der Waals surface area contributed by atoms with Gasteiger partial charge in [0.25, 0.3) is 7.82 Å². The maximum absolute atomic E-state index is 12.8. The van der Waals surface area contributed by atoms with E-state index in [1.54, 1.807) is 0 Å². The number of phosphoric acid groups is 1. The van der Waals surface area contributed by atoms with Gasteiger partial charge in [0.1, 0.15) is 19.3 Å². The molecule has 1 amide bonds. The molecule has 0 fully saturated rings. The Bertz CT molecular complexity index is 796. The second-order valence-electron chi connectivity index (χ2n) is 15.5. The first kappa shape index (κ1) is 48.5. The fourth-order valence-electron chi connectivity index (χ4n) is 6.08. The van der Waals surface area contributed by atoms with Gasteiger partial charge in [-0.2, -0.15) is 0 Å². The number of rotatable bonds is 37. The smallest absolute Gasteiger partial charge is 0.268 e. The predicted octanol–water partition coefficient (Wildman–Crippen LogP) is 8.97. The van der Waals surface area contributed by atoms with Crippen molar-refractivity contribution in [3.8, 4) is 0 Å². The van der Waals surface area contributed by atoms with Gasteiger partial charge < -0.3 is 34.0 Å². The van der Waals surface area contributed by atoms with Crippen LogP contribution < -0.4 is 10.2 Å². The van der Waals surface area contributed by atoms with Crippen molar-refractivity contribution >= 4 is 13.7 Å². The van der Waals surface area contributed by atoms with Crippen molar-refractivity contribution in [3.05, 3.63) is 0 Å². The molecule has 0 rings (SSSR count). The Kier molecular flexibility index (Phi) is 31.8. The molecule has 10 heteroatoms. The van der Waals surface area contributed by atoms with E-state index in [2.05, 4.69) is 19.2 Å². The van der Waals surface area contributed by atoms with E-state index in [1.165, 1.54) is 122 Å². The van der Waals surface area contributed by atoms with Crippen LogP contribution in [0.3, 0.4) is 0 Å². The van der Waals surface area contributed by atoms with E-state index < -0.39 is 32.7 Å². The maximum Gasteiger partial charge on any atom is 0.268 e. The first-order valence-electron chi connectivity index (χ1n) is 20.5. The highest BCUT2D eigenvalue weighted by atomic mass is 31.2. The number of aliphatic hydroxyl groups is 2. The summed E-state index contributed by atoms with van der Waals surface area (Å²) in [7, 11) is 1.13. The fraction of sp³-hybridized carbons (Fsp3) is 0.974. The van der Waals surface area contributed by atoms with Crippen molar-refractivity contribution in [1.29, 1.82) is 0 Å². The molecule has 0 spiro atoms. The number of unbranched alkanes of at least 4 members (excludes halogenated alkanes) is 23. The molecule has 0 aliphatic rings. The first-order chi connectivity index (χ1) is 23.4. The molecule has 0 heterocycles. The Hall–Kier alpha value is -0.540. The molecular formula is C39H81N2O7P. The topological polar surface area (TPSA) is 128 Å². The second-order valence-corrected chi connectivity index (χ2v) is 16.9. The monoisotopic (exact) mass is 721 g/mol. The lowest BCUT2D eigenvalue weighted by atomic mass is 9.99. The van der Waals surface area contributed by atoms with Gasteiger partial charge in [-0.15, -0.1) is 0 Å². The average Bonchev–Trinajstić information content (AvgIpc) is 3.04. The Morgan fingerprint density at radius 3 is 1.45 bits per heavy atom. The number of nitrogens with one attached hydrogen (secondary N) is 1. The van der Waals surface area contributed by atoms with E-state index in [9.17, 15) is 24.5 Å². The molecular weight excluding hydrogens is 639 g/mol. The van der Waals surface area contributed by atoms with Crippen LogP contribution in [0.25, 0.3) is 0 Å². The molecule has 0 saturated heterocycles. The summed E-state index contributed by atoms with van der Waals surface area (Å²) in [5.74, 6) is -0.278. The zero-order valence-corrected chi connectivity index (χ0v) is 33.7. The third-order valence-electron chi connectivity index (χ3n) is 9.44. The SMILES string of the molecule is CCCCCCCCCCCCCCCC(=O)N[C@@H](COP(=O)([O-])OCC[N+](C)(C)C)[C@H](O)C(O)CCCCCCCCCCCCCC. The number of phosphoric ester groups is 1. The number of hydrogen-bond donors (Lipinski definition) is 3. The summed E-state index contributed by atoms with van der Waals surface area (Å²) in [6, 6.07) is -1.06. The highest BCUT2D eigenvalue weighted by Gasteiger charge is 2.29. The second kappa shape index (κ2) is 32.1. The van der Waals surface area contributed by atoms with Crippen LogP contribution in [0.15, 0.2) is 0 Å². The lowest BCUT2D eigenvalue weighted by Gasteiger charge is -2.31. The van der Waals surface area contributed by atoms with E-state index in [0.29, 0.717) is 17.4 Å². The Morgan fingerprint density at radius 1 is 0.653 bits per heavy atom. The van der Waals surface area contributed by atoms with E-state index in [-0.39, 0.29) is 18.9 Å². The minimum absolute atomic E-state index is 0.0372. The van der Waals surface area contributed by atoms with E-state index >= 15 is 0 Å². The van der Waals surface area contributed by atoms with Crippen LogP contribution in [0.4, 0.5) is 0 Å². The van der Waals surface area contributed by atoms with Gasteiger partial charge in [-0.3, -0.25) is 9.36 Å². The van der Waals surface area contributed by atoms with Crippen molar-refractivity contribution in [1.82, 2.24) is 5.32 Å². The van der Waals surface area contributed by atoms with Crippen LogP contribution in [-0.2, 0) is 18.4 Å². The lowest BCUT2D eigenvalue weighted by molar-refractivity contribution is -0.870. The fourth-order valence-corrected chi connectivity index (χ4v) is 6.80. The third kappa shape index (κ3) is 33.1. The standard InChI is InChI=1S/C39H81N2O7P/c1-6-8-10-12-14-16-18-20-22-24-26-28-30-32-38(43)40-36(35-48-49(45,46)47-34-33-41(3,4)5)39(44)37(42)31-29-27-25-23-21-19-17-15-13-11-9-7-2/h36-37,39,42,44H,6-35H2,1-5H3,(H-,40,43,45,46)/t36-,37?,39-/m0/s1. The van der Waals surface area contributed by atoms with Crippen LogP contribution >= 0.6 is 7.82 Å². The van der Waals surface area contributed by atoms with Crippen molar-refractivity contribution < 1.29 is 38.0 Å². The molecule has 0 radical (unpaired) electrons. The quantitative estimate of drug-likeness (QED) is 0.0332. The van der Waals surface area contributed by atoms with Crippen LogP contribution in [0.5, 0.6) is 0 Å². The molecule has 0 bridgehead atoms. The first-order valence-corrected chi connectivity index (χ1v) is 21.9. The number of carbonyl (C=O) groups is 1. The number of likely N-dealkylation sites (N-methyl/N-ethyl adjacent to an activating group) is 1. The Labute approximate surface area is 302 Å². The number of amides is 1. The average molecular weight is 721 g/mol. The van der Waals surface area contributed by atoms with Gasteiger partial charge in [0, 0.05) is 6.42 Å². The van der Waals surface area contributed by atoms with Gasteiger partial charge in [-0.25, -0.2) is 0 Å². The molecule has 0 aromatic rings. The molecule has 49 heavy (non-hydrogen) atoms. The maximum atomic E-state index is 12.8. The Balaban J connectivity index is 4.56. The largest absolute Gasteiger partial charge is 0.756 e. The molecule has 2 unspecified atom stereocenters. The summed E-state index contributed by atoms with van der Waals surface area (Å²) in [6.07, 6.45) is 28.4. The van der Waals surface area contributed by atoms with Gasteiger partial charge >= 0.3 is 0 Å². The minimum atomic E-state index is -4.65. The van der Waals surface area contributed by atoms with E-state index in [1.807, 2.05) is 21.1 Å². The summed E-state index contributed by atoms with van der Waals surface area (Å²) in [5.41, 5.74) is 0. The molecule has 0 aromatic carbocycles. The highest BCUT2D eigenvalue weighted by Crippen LogP contribution is 2.38. The zero-order valence-electron chi connectivity index (χ0n) is 32.8. The van der Waals surface area contributed by atoms with Gasteiger partial charge in [0.05, 0.1) is 39.9 Å². The molecule has 0 saturated carbocycles. The number of hydrogen-bond acceptors (Lipinski definition) is 7. The molecule has 4 atom stereocenters. The summed E-state index contributed by atoms with van der Waals surface area (Å²) >= 11 is 0. The molecule has 3 N–H and O–H groups in total. The normalized spacial score (nSPS) is 15.2. The molecule has 294 valence electrons. The Morgan fingerprint density at radius 2 is 1.04 bits per heavy atom. The van der Waals surface area contributed by atoms with Crippen LogP contribution in [0.1, 0.15) is 187 Å². The lowest BCUT2D eigenvalue weighted by Crippen LogP contribution is -2.51. The molecule has 0 aromatic heterocycles. The van der Waals surface area contributed by atoms with Crippen LogP contribution in [-0.4, -0.2) is 79.8 Å². The van der Waals surface area contributed by atoms with Crippen molar-refractivity contribution in [2.75, 3.05) is 40.9 Å². The summed E-state index contributed by atoms with van der Waals surface area (Å²) in [5, 5.41) is 24.5. The van der Waals surface area contributed by atoms with Gasteiger partial charge in [-0.05, 0) is 12.8 Å². The number of aliphatic hydroxyl groups excluding tert-OH is 2. The molecule has 0 aliphatic carbocycles. The number of quaternary nitrogens is 1. The van der Waals surface area contributed by atoms with Gasteiger partial charge in [-0.1, -0.05) is 168 Å². The van der Waals surface area contributed by atoms with E-state index in [0.717, 1.165) is 38.5 Å². The molecule has 9 nitrogen and oxygen atoms in total. The molecule has 0 aliphatic heterocycles. The van der Waals surface area contributed by atoms with Crippen molar-refractivity contribution in [2.45, 2.75) is 205 Å². The summed E-state index contributed by atoms with van der Waals surface area (Å²) < 4.78 is 23.1. The number of nitrogens with zero attached hydrogens (tertiary/aromatic N) is 1. The zero-order chi connectivity index (χ0) is 36.6. The third-order valence-corrected chi connectivity index (χ3v) is 10.4. The van der Waals surface area contributed by atoms with E-state index in [4.69, 9.17) is 9.05 Å². The van der Waals surface area contributed by atoms with Crippen LogP contribution in [0, 0.1) is 0 Å². The minimum Gasteiger partial charge on any atom is -0.756 e. The van der Waals surface area contributed by atoms with Crippen molar-refractivity contribution in [3.63, 3.8) is 0 Å². The highest BCUT2D eigenvalue weighted by molar-refractivity contribution is 7.45. The number of carbonyl (C=O) groups excluding carboxylic acids is 1.